The summed E-state index contributed by atoms with van der Waals surface area (Å²) in [5, 5.41) is 6.99. The molecular weight excluding hydrogens is 302 g/mol. The number of aliphatic imine (C=N–C) groups is 1. The van der Waals surface area contributed by atoms with Gasteiger partial charge in [0.05, 0.1) is 19.3 Å². The minimum absolute atomic E-state index is 0.131. The van der Waals surface area contributed by atoms with E-state index in [2.05, 4.69) is 48.5 Å². The molecule has 3 unspecified atom stereocenters. The molecule has 1 fully saturated rings. The van der Waals surface area contributed by atoms with Gasteiger partial charge in [0.1, 0.15) is 0 Å². The van der Waals surface area contributed by atoms with Crippen molar-refractivity contribution in [3.05, 3.63) is 23.8 Å². The molecule has 0 aliphatic heterocycles. The lowest BCUT2D eigenvalue weighted by molar-refractivity contribution is 0.287. The van der Waals surface area contributed by atoms with Crippen LogP contribution in [0.5, 0.6) is 11.5 Å². The van der Waals surface area contributed by atoms with E-state index >= 15 is 0 Å². The van der Waals surface area contributed by atoms with Crippen molar-refractivity contribution in [3.8, 4) is 11.5 Å². The van der Waals surface area contributed by atoms with E-state index < -0.39 is 0 Å². The van der Waals surface area contributed by atoms with Crippen LogP contribution in [0.4, 0.5) is 0 Å². The van der Waals surface area contributed by atoms with Gasteiger partial charge in [-0.15, -0.1) is 0 Å². The fourth-order valence-electron chi connectivity index (χ4n) is 2.62. The second kappa shape index (κ2) is 8.81. The average molecular weight is 333 g/mol. The Morgan fingerprint density at radius 3 is 2.46 bits per heavy atom. The van der Waals surface area contributed by atoms with Gasteiger partial charge in [-0.05, 0) is 57.7 Å². The van der Waals surface area contributed by atoms with Gasteiger partial charge in [-0.2, -0.15) is 0 Å². The second-order valence-corrected chi connectivity index (χ2v) is 6.22. The maximum atomic E-state index is 5.72. The Morgan fingerprint density at radius 1 is 1.21 bits per heavy atom. The molecule has 0 radical (unpaired) electrons. The van der Waals surface area contributed by atoms with E-state index in [0.29, 0.717) is 19.3 Å². The van der Waals surface area contributed by atoms with E-state index in [4.69, 9.17) is 9.47 Å². The van der Waals surface area contributed by atoms with Crippen molar-refractivity contribution in [2.75, 3.05) is 19.8 Å². The van der Waals surface area contributed by atoms with Crippen molar-refractivity contribution in [2.45, 2.75) is 53.1 Å². The van der Waals surface area contributed by atoms with Crippen molar-refractivity contribution in [3.63, 3.8) is 0 Å². The van der Waals surface area contributed by atoms with Crippen LogP contribution in [0.25, 0.3) is 0 Å². The minimum atomic E-state index is 0.131. The molecule has 1 saturated carbocycles. The number of benzene rings is 1. The molecule has 5 nitrogen and oxygen atoms in total. The highest BCUT2D eigenvalue weighted by Gasteiger charge is 2.33. The van der Waals surface area contributed by atoms with Crippen LogP contribution in [0.15, 0.2) is 23.2 Å². The fraction of sp³-hybridized carbons (Fsp3) is 0.632. The molecule has 0 heterocycles. The number of guanidine groups is 1. The van der Waals surface area contributed by atoms with E-state index in [1.54, 1.807) is 0 Å². The smallest absolute Gasteiger partial charge is 0.191 e. The van der Waals surface area contributed by atoms with Gasteiger partial charge in [-0.25, -0.2) is 0 Å². The van der Waals surface area contributed by atoms with Gasteiger partial charge in [0.15, 0.2) is 17.5 Å². The van der Waals surface area contributed by atoms with Crippen molar-refractivity contribution >= 4 is 5.96 Å². The number of rotatable bonds is 8. The molecule has 2 N–H and O–H groups in total. The number of ether oxygens (including phenoxy) is 2. The zero-order valence-corrected chi connectivity index (χ0v) is 15.6. The van der Waals surface area contributed by atoms with Crippen LogP contribution in [0.1, 0.15) is 52.6 Å². The van der Waals surface area contributed by atoms with E-state index in [1.807, 2.05) is 19.9 Å². The quantitative estimate of drug-likeness (QED) is 0.565. The summed E-state index contributed by atoms with van der Waals surface area (Å²) < 4.78 is 11.4. The fourth-order valence-corrected chi connectivity index (χ4v) is 2.62. The van der Waals surface area contributed by atoms with Gasteiger partial charge in [0.2, 0.25) is 0 Å². The predicted octanol–water partition coefficient (Wildman–Crippen LogP) is 3.51. The van der Waals surface area contributed by atoms with Crippen LogP contribution in [-0.2, 0) is 0 Å². The highest BCUT2D eigenvalue weighted by Crippen LogP contribution is 2.31. The Bertz CT molecular complexity index is 560. The first-order chi connectivity index (χ1) is 11.6. The average Bonchev–Trinajstić information content (AvgIpc) is 3.24. The first kappa shape index (κ1) is 18.4. The molecule has 0 bridgehead atoms. The summed E-state index contributed by atoms with van der Waals surface area (Å²) in [6, 6.07) is 6.79. The third-order valence-electron chi connectivity index (χ3n) is 4.17. The first-order valence-electron chi connectivity index (χ1n) is 9.06. The maximum absolute atomic E-state index is 5.72. The summed E-state index contributed by atoms with van der Waals surface area (Å²) in [5.41, 5.74) is 1.15. The molecule has 3 atom stereocenters. The van der Waals surface area contributed by atoms with Crippen LogP contribution in [-0.4, -0.2) is 31.8 Å². The van der Waals surface area contributed by atoms with Crippen LogP contribution >= 0.6 is 0 Å². The lowest BCUT2D eigenvalue weighted by Crippen LogP contribution is -2.40. The minimum Gasteiger partial charge on any atom is -0.490 e. The molecule has 0 amide bonds. The van der Waals surface area contributed by atoms with Crippen molar-refractivity contribution in [1.82, 2.24) is 10.6 Å². The lowest BCUT2D eigenvalue weighted by Gasteiger charge is -2.20. The topological polar surface area (TPSA) is 54.9 Å². The van der Waals surface area contributed by atoms with Gasteiger partial charge in [-0.1, -0.05) is 13.0 Å². The summed E-state index contributed by atoms with van der Waals surface area (Å²) in [4.78, 5) is 4.55. The molecule has 2 rings (SSSR count). The highest BCUT2D eigenvalue weighted by atomic mass is 16.5. The van der Waals surface area contributed by atoms with E-state index in [-0.39, 0.29) is 6.04 Å². The SMILES string of the molecule is CCN=C(NC(C)c1ccc(OCC)c(OCC)c1)NC1CC1C. The zero-order valence-electron chi connectivity index (χ0n) is 15.6. The van der Waals surface area contributed by atoms with Gasteiger partial charge in [-0.3, -0.25) is 4.99 Å². The summed E-state index contributed by atoms with van der Waals surface area (Å²) in [5.74, 6) is 3.20. The predicted molar refractivity (Wildman–Crippen MR) is 99.0 cm³/mol. The van der Waals surface area contributed by atoms with Gasteiger partial charge >= 0.3 is 0 Å². The normalized spacial score (nSPS) is 21.1. The largest absolute Gasteiger partial charge is 0.490 e. The number of nitrogens with zero attached hydrogens (tertiary/aromatic N) is 1. The third-order valence-corrected chi connectivity index (χ3v) is 4.17. The molecule has 1 aromatic carbocycles. The lowest BCUT2D eigenvalue weighted by atomic mass is 10.1. The monoisotopic (exact) mass is 333 g/mol. The summed E-state index contributed by atoms with van der Waals surface area (Å²) in [6.07, 6.45) is 1.22. The van der Waals surface area contributed by atoms with Gasteiger partial charge in [0, 0.05) is 12.6 Å². The van der Waals surface area contributed by atoms with Crippen molar-refractivity contribution < 1.29 is 9.47 Å². The van der Waals surface area contributed by atoms with Crippen LogP contribution in [0, 0.1) is 5.92 Å². The van der Waals surface area contributed by atoms with E-state index in [1.165, 1.54) is 6.42 Å². The Balaban J connectivity index is 2.07. The Hall–Kier alpha value is -1.91. The molecule has 0 aromatic heterocycles. The van der Waals surface area contributed by atoms with Gasteiger partial charge in [0.25, 0.3) is 0 Å². The number of hydrogen-bond donors (Lipinski definition) is 2. The van der Waals surface area contributed by atoms with E-state index in [9.17, 15) is 0 Å². The number of nitrogens with one attached hydrogen (secondary N) is 2. The maximum Gasteiger partial charge on any atom is 0.191 e. The third kappa shape index (κ3) is 5.05. The molecule has 1 aliphatic carbocycles. The molecule has 1 aromatic rings. The van der Waals surface area contributed by atoms with Crippen molar-refractivity contribution in [2.24, 2.45) is 10.9 Å². The molecule has 1 aliphatic rings. The van der Waals surface area contributed by atoms with E-state index in [0.717, 1.165) is 35.5 Å². The zero-order chi connectivity index (χ0) is 17.5. The highest BCUT2D eigenvalue weighted by molar-refractivity contribution is 5.81. The molecule has 5 heteroatoms. The number of hydrogen-bond acceptors (Lipinski definition) is 3. The summed E-state index contributed by atoms with van der Waals surface area (Å²) in [6.45, 7) is 12.4. The van der Waals surface area contributed by atoms with Gasteiger partial charge < -0.3 is 20.1 Å². The molecule has 134 valence electrons. The molecule has 0 saturated heterocycles. The summed E-state index contributed by atoms with van der Waals surface area (Å²) >= 11 is 0. The van der Waals surface area contributed by atoms with Crippen LogP contribution in [0.2, 0.25) is 0 Å². The molecule has 24 heavy (non-hydrogen) atoms. The molecular formula is C19H31N3O2. The Kier molecular flexibility index (Phi) is 6.76. The van der Waals surface area contributed by atoms with Crippen LogP contribution in [0.3, 0.4) is 0 Å². The Morgan fingerprint density at radius 2 is 1.88 bits per heavy atom. The second-order valence-electron chi connectivity index (χ2n) is 6.22. The van der Waals surface area contributed by atoms with Crippen LogP contribution < -0.4 is 20.1 Å². The standard InChI is InChI=1S/C19H31N3O2/c1-6-20-19(22-16-11-13(16)4)21-14(5)15-9-10-17(23-7-2)18(12-15)24-8-3/h9-10,12-14,16H,6-8,11H2,1-5H3,(H2,20,21,22). The summed E-state index contributed by atoms with van der Waals surface area (Å²) in [7, 11) is 0. The molecule has 0 spiro atoms. The Labute approximate surface area is 145 Å². The van der Waals surface area contributed by atoms with Crippen molar-refractivity contribution in [1.29, 1.82) is 0 Å². The first-order valence-corrected chi connectivity index (χ1v) is 9.06.